The first-order valence-electron chi connectivity index (χ1n) is 21.8. The number of amides is 2. The fourth-order valence-corrected chi connectivity index (χ4v) is 7.04. The number of halogens is 3. The largest absolute Gasteiger partial charge is 0.481 e. The summed E-state index contributed by atoms with van der Waals surface area (Å²) in [4.78, 5) is 77.6. The summed E-state index contributed by atoms with van der Waals surface area (Å²) < 4.78 is 41.7. The van der Waals surface area contributed by atoms with Gasteiger partial charge in [-0.15, -0.1) is 0 Å². The second-order valence-corrected chi connectivity index (χ2v) is 15.2. The molecule has 8 heterocycles. The maximum atomic E-state index is 13.3. The molecule has 0 aliphatic carbocycles. The van der Waals surface area contributed by atoms with Gasteiger partial charge in [-0.25, -0.2) is 15.0 Å². The minimum Gasteiger partial charge on any atom is -0.481 e. The highest BCUT2D eigenvalue weighted by molar-refractivity contribution is 5.83. The Morgan fingerprint density at radius 3 is 1.43 bits per heavy atom. The van der Waals surface area contributed by atoms with Crippen molar-refractivity contribution in [3.63, 3.8) is 0 Å². The van der Waals surface area contributed by atoms with Crippen LogP contribution in [-0.2, 0) is 38.4 Å². The number of anilines is 3. The molecule has 0 spiro atoms. The van der Waals surface area contributed by atoms with Crippen LogP contribution in [0.4, 0.5) is 30.4 Å². The summed E-state index contributed by atoms with van der Waals surface area (Å²) in [7, 11) is -1.00. The molecule has 350 valence electrons. The van der Waals surface area contributed by atoms with E-state index < -0.39 is 25.0 Å². The minimum absolute atomic E-state index is 0.0461. The molecule has 0 bridgehead atoms. The van der Waals surface area contributed by atoms with Crippen molar-refractivity contribution < 1.29 is 38.8 Å². The maximum Gasteiger partial charge on any atom is 0.307 e. The molecule has 8 rings (SSSR count). The Labute approximate surface area is 387 Å². The van der Waals surface area contributed by atoms with E-state index in [9.17, 15) is 32.3 Å². The normalized spacial score (nSPS) is 13.4. The molecule has 2 aliphatic rings. The molecule has 0 unspecified atom stereocenters. The van der Waals surface area contributed by atoms with E-state index in [0.717, 1.165) is 61.9 Å². The fraction of sp³-hybridized carbons (Fsp3) is 0.292. The van der Waals surface area contributed by atoms with E-state index in [-0.39, 0.29) is 36.9 Å². The average molecular weight is 921 g/mol. The smallest absolute Gasteiger partial charge is 0.307 e. The Balaban J connectivity index is 0.000000202. The zero-order valence-corrected chi connectivity index (χ0v) is 37.1. The van der Waals surface area contributed by atoms with Crippen LogP contribution in [0.3, 0.4) is 0 Å². The number of carbonyl (C=O) groups is 4. The molecule has 0 saturated carbocycles. The summed E-state index contributed by atoms with van der Waals surface area (Å²) in [5.41, 5.74) is 12.2. The molecule has 6 aromatic heterocycles. The summed E-state index contributed by atoms with van der Waals surface area (Å²) in [6, 6.07) is 20.5. The number of rotatable bonds is 10. The van der Waals surface area contributed by atoms with Crippen LogP contribution in [-0.4, -0.2) is 128 Å². The number of nitrogen functional groups attached to an aromatic ring is 1. The molecule has 0 aromatic carbocycles. The van der Waals surface area contributed by atoms with Gasteiger partial charge in [-0.2, -0.15) is 8.78 Å². The standard InChI is InChI=1S/C24H24FN5O2.C12H9FN2O2.C11H16N4O.CH3F/c1-17(31)29-8-10-30(11-9-29)21-4-3-20(27-16-21)14-22(32)12-18-2-5-23(28-15-18)19-6-7-26-24(25)13-19;13-11-6-9(3-4-14-11)10-2-1-8(7-15-10)5-12(16)17;1-9(16)14-4-6-15(7-5-14)10-2-3-11(12)13-8-10;1-2/h2-7,13,15-16H,8-12,14H2,1H3;1-4,6-7H,5H2,(H,16,17);2-3,8H,4-7H2,1H3,(H2,12,13);1H3/i;;;1D. The zero-order valence-electron chi connectivity index (χ0n) is 38.1. The van der Waals surface area contributed by atoms with Gasteiger partial charge in [0.15, 0.2) is 0 Å². The van der Waals surface area contributed by atoms with Crippen molar-refractivity contribution in [3.8, 4) is 22.5 Å². The lowest BCUT2D eigenvalue weighted by atomic mass is 10.1. The number of nitrogens with two attached hydrogens (primary N) is 1. The van der Waals surface area contributed by atoms with Crippen molar-refractivity contribution >= 4 is 40.8 Å². The second-order valence-electron chi connectivity index (χ2n) is 15.2. The summed E-state index contributed by atoms with van der Waals surface area (Å²) in [5, 5.41) is 8.60. The summed E-state index contributed by atoms with van der Waals surface area (Å²) in [6.45, 7) is 9.42. The summed E-state index contributed by atoms with van der Waals surface area (Å²) in [5.74, 6) is -1.20. The number of aliphatic carboxylic acids is 1. The van der Waals surface area contributed by atoms with Gasteiger partial charge in [0.25, 0.3) is 0 Å². The molecular formula is C48H52F3N11O5. The van der Waals surface area contributed by atoms with Crippen LogP contribution in [0.5, 0.6) is 0 Å². The molecule has 2 saturated heterocycles. The monoisotopic (exact) mass is 920 g/mol. The third-order valence-electron chi connectivity index (χ3n) is 10.6. The number of hydrogen-bond donors (Lipinski definition) is 2. The van der Waals surface area contributed by atoms with E-state index >= 15 is 0 Å². The zero-order chi connectivity index (χ0) is 49.0. The molecule has 3 N–H and O–H groups in total. The summed E-state index contributed by atoms with van der Waals surface area (Å²) >= 11 is 0. The van der Waals surface area contributed by atoms with Crippen LogP contribution >= 0.6 is 0 Å². The third kappa shape index (κ3) is 15.7. The van der Waals surface area contributed by atoms with Crippen molar-refractivity contribution in [2.24, 2.45) is 0 Å². The van der Waals surface area contributed by atoms with Crippen LogP contribution in [0, 0.1) is 11.9 Å². The van der Waals surface area contributed by atoms with E-state index in [4.69, 9.17) is 12.2 Å². The molecule has 16 nitrogen and oxygen atoms in total. The van der Waals surface area contributed by atoms with Crippen molar-refractivity contribution in [2.45, 2.75) is 33.1 Å². The lowest BCUT2D eigenvalue weighted by molar-refractivity contribution is -0.136. The SMILES string of the molecule is CC(=O)N1CCN(c2ccc(CC(=O)Cc3ccc(-c4ccnc(F)c4)nc3)nc2)CC1.CC(=O)N1CCN(c2ccc(N)nc2)CC1.O=C(O)Cc1ccc(-c2ccnc(F)c2)nc1.[2H]CF. The van der Waals surface area contributed by atoms with E-state index in [1.165, 1.54) is 30.7 Å². The van der Waals surface area contributed by atoms with E-state index in [1.54, 1.807) is 68.8 Å². The molecule has 0 radical (unpaired) electrons. The van der Waals surface area contributed by atoms with Gasteiger partial charge in [-0.3, -0.25) is 38.5 Å². The number of carbonyl (C=O) groups excluding carboxylic acids is 3. The van der Waals surface area contributed by atoms with Crippen LogP contribution in [0.1, 0.15) is 32.0 Å². The van der Waals surface area contributed by atoms with Gasteiger partial charge in [0, 0.05) is 133 Å². The fourth-order valence-electron chi connectivity index (χ4n) is 7.04. The van der Waals surface area contributed by atoms with E-state index in [1.807, 2.05) is 34.1 Å². The van der Waals surface area contributed by atoms with Crippen molar-refractivity contribution in [1.29, 1.82) is 0 Å². The Kier molecular flexibility index (Phi) is 18.2. The summed E-state index contributed by atoms with van der Waals surface area (Å²) in [6.07, 6.45) is 9.87. The quantitative estimate of drug-likeness (QED) is 0.162. The van der Waals surface area contributed by atoms with Crippen molar-refractivity contribution in [2.75, 3.05) is 75.0 Å². The Bertz CT molecular complexity index is 2560. The van der Waals surface area contributed by atoms with Gasteiger partial charge in [0.1, 0.15) is 11.6 Å². The number of ketones is 1. The Hall–Kier alpha value is -7.83. The molecule has 6 aromatic rings. The van der Waals surface area contributed by atoms with Crippen molar-refractivity contribution in [3.05, 3.63) is 139 Å². The van der Waals surface area contributed by atoms with E-state index in [2.05, 4.69) is 39.7 Å². The number of carboxylic acids is 1. The number of pyridine rings is 6. The number of aromatic nitrogens is 6. The van der Waals surface area contributed by atoms with Crippen LogP contribution in [0.25, 0.3) is 22.5 Å². The van der Waals surface area contributed by atoms with Gasteiger partial charge in [-0.05, 0) is 59.7 Å². The van der Waals surface area contributed by atoms with Gasteiger partial charge >= 0.3 is 5.97 Å². The number of Topliss-reactive ketones (excluding diaryl/α,β-unsaturated/α-hetero) is 1. The minimum atomic E-state index is -1.00. The number of nitrogens with zero attached hydrogens (tertiary/aromatic N) is 10. The molecule has 2 aliphatic heterocycles. The molecule has 67 heavy (non-hydrogen) atoms. The van der Waals surface area contributed by atoms with Crippen molar-refractivity contribution in [1.82, 2.24) is 39.7 Å². The predicted molar refractivity (Wildman–Crippen MR) is 247 cm³/mol. The highest BCUT2D eigenvalue weighted by atomic mass is 19.1. The lowest BCUT2D eigenvalue weighted by Crippen LogP contribution is -2.48. The Morgan fingerprint density at radius 1 is 0.597 bits per heavy atom. The number of alkyl halides is 1. The first-order valence-corrected chi connectivity index (χ1v) is 21.1. The lowest BCUT2D eigenvalue weighted by Gasteiger charge is -2.35. The van der Waals surface area contributed by atoms with Gasteiger partial charge < -0.3 is 30.4 Å². The molecular weight excluding hydrogens is 868 g/mol. The molecule has 19 heteroatoms. The first kappa shape index (κ1) is 48.6. The molecule has 0 atom stereocenters. The van der Waals surface area contributed by atoms with Crippen LogP contribution in [0.2, 0.25) is 0 Å². The van der Waals surface area contributed by atoms with Crippen LogP contribution < -0.4 is 15.5 Å². The van der Waals surface area contributed by atoms with Crippen LogP contribution in [0.15, 0.2) is 110 Å². The Morgan fingerprint density at radius 2 is 1.06 bits per heavy atom. The molecule has 2 amide bonds. The topological polar surface area (TPSA) is 205 Å². The number of hydrogen-bond acceptors (Lipinski definition) is 13. The second kappa shape index (κ2) is 25.0. The average Bonchev–Trinajstić information content (AvgIpc) is 3.33. The number of carboxylic acid groups (broad SMARTS) is 1. The van der Waals surface area contributed by atoms with Gasteiger partial charge in [-0.1, -0.05) is 12.1 Å². The maximum absolute atomic E-state index is 13.3. The first-order chi connectivity index (χ1) is 32.7. The van der Waals surface area contributed by atoms with E-state index in [0.29, 0.717) is 47.0 Å². The van der Waals surface area contributed by atoms with Gasteiger partial charge in [0.05, 0.1) is 50.1 Å². The molecule has 2 fully saturated rings. The highest BCUT2D eigenvalue weighted by Gasteiger charge is 2.20. The highest BCUT2D eigenvalue weighted by Crippen LogP contribution is 2.20. The van der Waals surface area contributed by atoms with Gasteiger partial charge in [0.2, 0.25) is 23.7 Å². The predicted octanol–water partition coefficient (Wildman–Crippen LogP) is 5.53. The third-order valence-corrected chi connectivity index (χ3v) is 10.6. The number of piperazine rings is 2.